The molecule has 0 radical (unpaired) electrons. The van der Waals surface area contributed by atoms with Crippen LogP contribution >= 0.6 is 0 Å². The molecule has 0 aliphatic carbocycles. The van der Waals surface area contributed by atoms with Crippen molar-refractivity contribution < 1.29 is 28.9 Å². The van der Waals surface area contributed by atoms with E-state index in [-0.39, 0.29) is 23.5 Å². The number of ether oxygens (including phenoxy) is 3. The summed E-state index contributed by atoms with van der Waals surface area (Å²) in [5.74, 6) is -0.386. The first kappa shape index (κ1) is 25.3. The number of carbonyl (C=O) groups is 2. The standard InChI is InChI=1S/C27H33NO6/c1-17(2)33-20-13-11-19(12-14-20)25(29)23-24(21-9-6-7-10-22(21)34-18(3)4)28(15-8-16-32-5)27(31)26(23)30/h6-7,9-14,17-18,24,29H,8,15-16H2,1-5H3/b25-23-. The van der Waals surface area contributed by atoms with Gasteiger partial charge in [0.05, 0.1) is 23.8 Å². The van der Waals surface area contributed by atoms with Crippen molar-refractivity contribution in [2.75, 3.05) is 20.3 Å². The van der Waals surface area contributed by atoms with E-state index in [0.717, 1.165) is 0 Å². The molecule has 0 spiro atoms. The molecule has 1 unspecified atom stereocenters. The zero-order chi connectivity index (χ0) is 24.8. The first-order valence-electron chi connectivity index (χ1n) is 11.5. The molecule has 1 heterocycles. The second kappa shape index (κ2) is 11.2. The second-order valence-corrected chi connectivity index (χ2v) is 8.73. The lowest BCUT2D eigenvalue weighted by molar-refractivity contribution is -0.140. The molecule has 0 bridgehead atoms. The van der Waals surface area contributed by atoms with Gasteiger partial charge in [0.1, 0.15) is 17.3 Å². The Kier molecular flexibility index (Phi) is 8.34. The average molecular weight is 468 g/mol. The van der Waals surface area contributed by atoms with E-state index in [1.807, 2.05) is 52.0 Å². The Hall–Kier alpha value is -3.32. The van der Waals surface area contributed by atoms with Gasteiger partial charge in [-0.15, -0.1) is 0 Å². The van der Waals surface area contributed by atoms with Crippen LogP contribution in [0.5, 0.6) is 11.5 Å². The maximum Gasteiger partial charge on any atom is 0.295 e. The highest BCUT2D eigenvalue weighted by Gasteiger charge is 2.46. The molecule has 1 aliphatic rings. The molecule has 1 fully saturated rings. The van der Waals surface area contributed by atoms with Crippen LogP contribution in [-0.2, 0) is 14.3 Å². The number of aliphatic hydroxyl groups is 1. The quantitative estimate of drug-likeness (QED) is 0.236. The number of aliphatic hydroxyl groups excluding tert-OH is 1. The van der Waals surface area contributed by atoms with Crippen LogP contribution in [0, 0.1) is 0 Å². The van der Waals surface area contributed by atoms with Gasteiger partial charge in [-0.3, -0.25) is 9.59 Å². The predicted molar refractivity (Wildman–Crippen MR) is 130 cm³/mol. The largest absolute Gasteiger partial charge is 0.507 e. The first-order valence-corrected chi connectivity index (χ1v) is 11.5. The Morgan fingerprint density at radius 2 is 1.62 bits per heavy atom. The fourth-order valence-corrected chi connectivity index (χ4v) is 4.00. The molecule has 1 atom stereocenters. The molecule has 0 saturated carbocycles. The van der Waals surface area contributed by atoms with E-state index in [4.69, 9.17) is 14.2 Å². The van der Waals surface area contributed by atoms with Gasteiger partial charge < -0.3 is 24.2 Å². The minimum absolute atomic E-state index is 0.00864. The number of methoxy groups -OCH3 is 1. The summed E-state index contributed by atoms with van der Waals surface area (Å²) in [6, 6.07) is 13.3. The van der Waals surface area contributed by atoms with Gasteiger partial charge in [-0.2, -0.15) is 0 Å². The van der Waals surface area contributed by atoms with Crippen LogP contribution in [-0.4, -0.2) is 54.2 Å². The SMILES string of the molecule is COCCCN1C(=O)C(=O)/C(=C(\O)c2ccc(OC(C)C)cc2)C1c1ccccc1OC(C)C. The van der Waals surface area contributed by atoms with E-state index in [9.17, 15) is 14.7 Å². The molecule has 3 rings (SSSR count). The lowest BCUT2D eigenvalue weighted by atomic mass is 9.94. The van der Waals surface area contributed by atoms with Crippen molar-refractivity contribution in [2.24, 2.45) is 0 Å². The molecule has 1 N–H and O–H groups in total. The van der Waals surface area contributed by atoms with Crippen LogP contribution in [0.4, 0.5) is 0 Å². The van der Waals surface area contributed by atoms with Gasteiger partial charge in [-0.1, -0.05) is 18.2 Å². The average Bonchev–Trinajstić information content (AvgIpc) is 3.04. The smallest absolute Gasteiger partial charge is 0.295 e. The van der Waals surface area contributed by atoms with Gasteiger partial charge in [0.2, 0.25) is 0 Å². The van der Waals surface area contributed by atoms with Gasteiger partial charge in [0.15, 0.2) is 0 Å². The van der Waals surface area contributed by atoms with Gasteiger partial charge in [0, 0.05) is 31.4 Å². The minimum Gasteiger partial charge on any atom is -0.507 e. The molecule has 2 aromatic carbocycles. The van der Waals surface area contributed by atoms with Crippen molar-refractivity contribution >= 4 is 17.4 Å². The number of para-hydroxylation sites is 1. The molecule has 34 heavy (non-hydrogen) atoms. The van der Waals surface area contributed by atoms with E-state index >= 15 is 0 Å². The van der Waals surface area contributed by atoms with Crippen LogP contribution < -0.4 is 9.47 Å². The number of ketones is 1. The Morgan fingerprint density at radius 1 is 0.971 bits per heavy atom. The minimum atomic E-state index is -0.779. The number of rotatable bonds is 10. The fraction of sp³-hybridized carbons (Fsp3) is 0.407. The zero-order valence-corrected chi connectivity index (χ0v) is 20.4. The third-order valence-corrected chi connectivity index (χ3v) is 5.36. The first-order chi connectivity index (χ1) is 16.2. The summed E-state index contributed by atoms with van der Waals surface area (Å²) < 4.78 is 16.8. The molecule has 1 amide bonds. The summed E-state index contributed by atoms with van der Waals surface area (Å²) in [6.07, 6.45) is 0.453. The van der Waals surface area contributed by atoms with Gasteiger partial charge in [-0.05, 0) is 64.4 Å². The Morgan fingerprint density at radius 3 is 2.24 bits per heavy atom. The lowest BCUT2D eigenvalue weighted by Gasteiger charge is -2.27. The second-order valence-electron chi connectivity index (χ2n) is 8.73. The summed E-state index contributed by atoms with van der Waals surface area (Å²) in [4.78, 5) is 27.7. The van der Waals surface area contributed by atoms with E-state index in [2.05, 4.69) is 0 Å². The van der Waals surface area contributed by atoms with Gasteiger partial charge in [0.25, 0.3) is 11.7 Å². The zero-order valence-electron chi connectivity index (χ0n) is 20.4. The number of Topliss-reactive ketones (excluding diaryl/α,β-unsaturated/α-hetero) is 1. The molecule has 7 nitrogen and oxygen atoms in total. The number of benzene rings is 2. The van der Waals surface area contributed by atoms with Crippen molar-refractivity contribution in [1.29, 1.82) is 0 Å². The molecular formula is C27H33NO6. The number of nitrogens with zero attached hydrogens (tertiary/aromatic N) is 1. The van der Waals surface area contributed by atoms with Crippen LogP contribution in [0.3, 0.4) is 0 Å². The van der Waals surface area contributed by atoms with E-state index in [0.29, 0.717) is 42.2 Å². The Labute approximate surface area is 200 Å². The van der Waals surface area contributed by atoms with E-state index < -0.39 is 17.7 Å². The molecule has 182 valence electrons. The third kappa shape index (κ3) is 5.59. The van der Waals surface area contributed by atoms with Crippen LogP contribution in [0.2, 0.25) is 0 Å². The van der Waals surface area contributed by atoms with Crippen molar-refractivity contribution in [2.45, 2.75) is 52.4 Å². The number of carbonyl (C=O) groups excluding carboxylic acids is 2. The predicted octanol–water partition coefficient (Wildman–Crippen LogP) is 4.72. The maximum absolute atomic E-state index is 13.2. The number of hydrogen-bond acceptors (Lipinski definition) is 6. The molecule has 2 aromatic rings. The van der Waals surface area contributed by atoms with Crippen molar-refractivity contribution in [3.63, 3.8) is 0 Å². The highest BCUT2D eigenvalue weighted by atomic mass is 16.5. The summed E-state index contributed by atoms with van der Waals surface area (Å²) in [5.41, 5.74) is 1.12. The van der Waals surface area contributed by atoms with Crippen molar-refractivity contribution in [1.82, 2.24) is 4.90 Å². The van der Waals surface area contributed by atoms with Gasteiger partial charge >= 0.3 is 0 Å². The topological polar surface area (TPSA) is 85.3 Å². The molecular weight excluding hydrogens is 434 g/mol. The van der Waals surface area contributed by atoms with E-state index in [1.54, 1.807) is 31.4 Å². The van der Waals surface area contributed by atoms with Crippen LogP contribution in [0.15, 0.2) is 54.1 Å². The molecule has 1 saturated heterocycles. The summed E-state index contributed by atoms with van der Waals surface area (Å²) >= 11 is 0. The Balaban J connectivity index is 2.11. The summed E-state index contributed by atoms with van der Waals surface area (Å²) in [6.45, 7) is 8.42. The Bertz CT molecular complexity index is 1040. The normalized spacial score (nSPS) is 17.6. The number of amides is 1. The fourth-order valence-electron chi connectivity index (χ4n) is 4.00. The molecule has 7 heteroatoms. The van der Waals surface area contributed by atoms with Crippen LogP contribution in [0.1, 0.15) is 51.3 Å². The maximum atomic E-state index is 13.2. The lowest BCUT2D eigenvalue weighted by Crippen LogP contribution is -2.31. The number of hydrogen-bond donors (Lipinski definition) is 1. The highest BCUT2D eigenvalue weighted by molar-refractivity contribution is 6.46. The van der Waals surface area contributed by atoms with E-state index in [1.165, 1.54) is 4.90 Å². The molecule has 0 aromatic heterocycles. The molecule has 1 aliphatic heterocycles. The van der Waals surface area contributed by atoms with Gasteiger partial charge in [-0.25, -0.2) is 0 Å². The summed E-state index contributed by atoms with van der Waals surface area (Å²) in [5, 5.41) is 11.2. The third-order valence-electron chi connectivity index (χ3n) is 5.36. The monoisotopic (exact) mass is 467 g/mol. The van der Waals surface area contributed by atoms with Crippen molar-refractivity contribution in [3.8, 4) is 11.5 Å². The van der Waals surface area contributed by atoms with Crippen LogP contribution in [0.25, 0.3) is 5.76 Å². The van der Waals surface area contributed by atoms with Crippen molar-refractivity contribution in [3.05, 3.63) is 65.2 Å². The number of likely N-dealkylation sites (tertiary alicyclic amines) is 1. The summed E-state index contributed by atoms with van der Waals surface area (Å²) in [7, 11) is 1.59. The highest BCUT2D eigenvalue weighted by Crippen LogP contribution is 2.43.